The average molecular weight is 343 g/mol. The molecular formula is C18H21N3O4. The Balaban J connectivity index is 1.91. The zero-order chi connectivity index (χ0) is 18.2. The molecule has 1 amide bonds. The maximum atomic E-state index is 11.8. The topological polar surface area (TPSA) is 104 Å². The maximum absolute atomic E-state index is 11.8. The Morgan fingerprint density at radius 3 is 2.72 bits per heavy atom. The summed E-state index contributed by atoms with van der Waals surface area (Å²) in [5.41, 5.74) is 4.63. The van der Waals surface area contributed by atoms with Crippen molar-refractivity contribution in [3.63, 3.8) is 0 Å². The lowest BCUT2D eigenvalue weighted by Crippen LogP contribution is -2.24. The minimum atomic E-state index is -0.438. The first-order valence-electron chi connectivity index (χ1n) is 7.87. The molecule has 7 heteroatoms. The van der Waals surface area contributed by atoms with Crippen LogP contribution in [0.15, 0.2) is 35.6 Å². The number of carbonyl (C=O) groups excluding carboxylic acids is 1. The Labute approximate surface area is 146 Å². The number of aromatic nitrogens is 1. The van der Waals surface area contributed by atoms with Crippen molar-refractivity contribution in [2.45, 2.75) is 26.9 Å². The largest absolute Gasteiger partial charge is 0.505 e. The third kappa shape index (κ3) is 5.02. The standard InChI is InChI=1S/C18H21N3O4/c1-3-13-4-6-15(7-5-13)25-11-17(23)21-20-9-16-14(10-22)8-19-12(2)18(16)24/h4-9,22,24H,3,10-11H2,1-2H3,(H,21,23)/b20-9+. The highest BCUT2D eigenvalue weighted by molar-refractivity contribution is 5.87. The van der Waals surface area contributed by atoms with Crippen LogP contribution in [0, 0.1) is 6.92 Å². The van der Waals surface area contributed by atoms with Crippen LogP contribution in [0.3, 0.4) is 0 Å². The van der Waals surface area contributed by atoms with Gasteiger partial charge in [0.15, 0.2) is 6.61 Å². The van der Waals surface area contributed by atoms with Crippen LogP contribution in [0.1, 0.15) is 29.3 Å². The first kappa shape index (κ1) is 18.4. The molecule has 0 fully saturated rings. The molecule has 25 heavy (non-hydrogen) atoms. The summed E-state index contributed by atoms with van der Waals surface area (Å²) in [4.78, 5) is 15.7. The molecule has 0 unspecified atom stereocenters. The van der Waals surface area contributed by atoms with Crippen molar-refractivity contribution >= 4 is 12.1 Å². The smallest absolute Gasteiger partial charge is 0.277 e. The van der Waals surface area contributed by atoms with Crippen LogP contribution in [0.5, 0.6) is 11.5 Å². The number of aliphatic hydroxyl groups excluding tert-OH is 1. The summed E-state index contributed by atoms with van der Waals surface area (Å²) < 4.78 is 5.37. The molecule has 2 rings (SSSR count). The molecular weight excluding hydrogens is 322 g/mol. The first-order valence-corrected chi connectivity index (χ1v) is 7.87. The fraction of sp³-hybridized carbons (Fsp3) is 0.278. The van der Waals surface area contributed by atoms with Gasteiger partial charge in [-0.3, -0.25) is 9.78 Å². The molecule has 0 aliphatic rings. The van der Waals surface area contributed by atoms with E-state index in [2.05, 4.69) is 22.4 Å². The van der Waals surface area contributed by atoms with Gasteiger partial charge >= 0.3 is 0 Å². The predicted octanol–water partition coefficient (Wildman–Crippen LogP) is 1.68. The number of aromatic hydroxyl groups is 1. The van der Waals surface area contributed by atoms with E-state index in [1.54, 1.807) is 19.1 Å². The lowest BCUT2D eigenvalue weighted by atomic mass is 10.1. The lowest BCUT2D eigenvalue weighted by molar-refractivity contribution is -0.123. The van der Waals surface area contributed by atoms with E-state index in [1.165, 1.54) is 18.0 Å². The number of hydrazone groups is 1. The zero-order valence-electron chi connectivity index (χ0n) is 14.2. The van der Waals surface area contributed by atoms with Crippen LogP contribution >= 0.6 is 0 Å². The van der Waals surface area contributed by atoms with Crippen molar-refractivity contribution in [3.05, 3.63) is 52.8 Å². The number of ether oxygens (including phenoxy) is 1. The third-order valence-corrected chi connectivity index (χ3v) is 3.61. The minimum Gasteiger partial charge on any atom is -0.505 e. The van der Waals surface area contributed by atoms with Crippen molar-refractivity contribution < 1.29 is 19.7 Å². The second kappa shape index (κ2) is 8.79. The molecule has 0 radical (unpaired) electrons. The summed E-state index contributed by atoms with van der Waals surface area (Å²) in [5.74, 6) is 0.0738. The highest BCUT2D eigenvalue weighted by atomic mass is 16.5. The average Bonchev–Trinajstić information content (AvgIpc) is 2.64. The van der Waals surface area contributed by atoms with E-state index in [0.29, 0.717) is 22.6 Å². The molecule has 3 N–H and O–H groups in total. The number of hydrogen-bond donors (Lipinski definition) is 3. The van der Waals surface area contributed by atoms with Gasteiger partial charge in [-0.25, -0.2) is 5.43 Å². The number of rotatable bonds is 7. The van der Waals surface area contributed by atoms with Gasteiger partial charge in [0.2, 0.25) is 0 Å². The van der Waals surface area contributed by atoms with Gasteiger partial charge in [0.1, 0.15) is 11.5 Å². The first-order chi connectivity index (χ1) is 12.0. The Hall–Kier alpha value is -2.93. The zero-order valence-corrected chi connectivity index (χ0v) is 14.2. The van der Waals surface area contributed by atoms with E-state index in [4.69, 9.17) is 4.74 Å². The quantitative estimate of drug-likeness (QED) is 0.524. The van der Waals surface area contributed by atoms with Crippen LogP contribution in [-0.2, 0) is 17.8 Å². The van der Waals surface area contributed by atoms with Crippen LogP contribution in [0.4, 0.5) is 0 Å². The molecule has 0 saturated carbocycles. The number of benzene rings is 1. The summed E-state index contributed by atoms with van der Waals surface area (Å²) in [7, 11) is 0. The highest BCUT2D eigenvalue weighted by Gasteiger charge is 2.09. The van der Waals surface area contributed by atoms with E-state index in [1.807, 2.05) is 12.1 Å². The fourth-order valence-electron chi connectivity index (χ4n) is 2.09. The number of amides is 1. The number of carbonyl (C=O) groups is 1. The Morgan fingerprint density at radius 1 is 1.36 bits per heavy atom. The molecule has 2 aromatic rings. The van der Waals surface area contributed by atoms with Gasteiger partial charge in [0.25, 0.3) is 5.91 Å². The van der Waals surface area contributed by atoms with Crippen molar-refractivity contribution in [2.75, 3.05) is 6.61 Å². The van der Waals surface area contributed by atoms with E-state index in [9.17, 15) is 15.0 Å². The van der Waals surface area contributed by atoms with Gasteiger partial charge in [-0.15, -0.1) is 0 Å². The number of pyridine rings is 1. The summed E-state index contributed by atoms with van der Waals surface area (Å²) in [6.45, 7) is 3.21. The van der Waals surface area contributed by atoms with Crippen molar-refractivity contribution in [1.82, 2.24) is 10.4 Å². The van der Waals surface area contributed by atoms with Crippen molar-refractivity contribution in [3.8, 4) is 11.5 Å². The molecule has 1 heterocycles. The predicted molar refractivity (Wildman–Crippen MR) is 93.6 cm³/mol. The van der Waals surface area contributed by atoms with E-state index < -0.39 is 5.91 Å². The summed E-state index contributed by atoms with van der Waals surface area (Å²) in [5, 5.41) is 23.0. The molecule has 1 aromatic carbocycles. The normalized spacial score (nSPS) is 10.8. The van der Waals surface area contributed by atoms with Gasteiger partial charge in [0, 0.05) is 17.3 Å². The summed E-state index contributed by atoms with van der Waals surface area (Å²) >= 11 is 0. The van der Waals surface area contributed by atoms with Crippen molar-refractivity contribution in [1.29, 1.82) is 0 Å². The van der Waals surface area contributed by atoms with Crippen LogP contribution in [0.25, 0.3) is 0 Å². The van der Waals surface area contributed by atoms with Gasteiger partial charge < -0.3 is 14.9 Å². The molecule has 0 atom stereocenters. The molecule has 0 aliphatic carbocycles. The van der Waals surface area contributed by atoms with Gasteiger partial charge in [0.05, 0.1) is 18.5 Å². The van der Waals surface area contributed by atoms with Crippen LogP contribution < -0.4 is 10.2 Å². The van der Waals surface area contributed by atoms with Crippen LogP contribution in [-0.4, -0.2) is 33.9 Å². The van der Waals surface area contributed by atoms with Crippen LogP contribution in [0.2, 0.25) is 0 Å². The van der Waals surface area contributed by atoms with E-state index in [-0.39, 0.29) is 19.0 Å². The number of aliphatic hydroxyl groups is 1. The summed E-state index contributed by atoms with van der Waals surface area (Å²) in [6.07, 6.45) is 3.65. The molecule has 0 bridgehead atoms. The minimum absolute atomic E-state index is 0.0863. The highest BCUT2D eigenvalue weighted by Crippen LogP contribution is 2.21. The molecule has 0 saturated heterocycles. The third-order valence-electron chi connectivity index (χ3n) is 3.61. The Bertz CT molecular complexity index is 758. The van der Waals surface area contributed by atoms with Crippen molar-refractivity contribution in [2.24, 2.45) is 5.10 Å². The Morgan fingerprint density at radius 2 is 2.08 bits per heavy atom. The number of nitrogens with one attached hydrogen (secondary N) is 1. The van der Waals surface area contributed by atoms with Gasteiger partial charge in [-0.1, -0.05) is 19.1 Å². The number of nitrogens with zero attached hydrogens (tertiary/aromatic N) is 2. The van der Waals surface area contributed by atoms with Gasteiger partial charge in [-0.05, 0) is 31.0 Å². The second-order valence-corrected chi connectivity index (χ2v) is 5.37. The molecule has 0 spiro atoms. The summed E-state index contributed by atoms with van der Waals surface area (Å²) in [6, 6.07) is 7.49. The molecule has 1 aromatic heterocycles. The molecule has 7 nitrogen and oxygen atoms in total. The fourth-order valence-corrected chi connectivity index (χ4v) is 2.09. The maximum Gasteiger partial charge on any atom is 0.277 e. The molecule has 0 aliphatic heterocycles. The monoisotopic (exact) mass is 343 g/mol. The van der Waals surface area contributed by atoms with Gasteiger partial charge in [-0.2, -0.15) is 5.10 Å². The lowest BCUT2D eigenvalue weighted by Gasteiger charge is -2.07. The molecule has 132 valence electrons. The number of aryl methyl sites for hydroxylation is 2. The Kier molecular flexibility index (Phi) is 6.47. The number of hydrogen-bond acceptors (Lipinski definition) is 6. The van der Waals surface area contributed by atoms with E-state index in [0.717, 1.165) is 6.42 Å². The SMILES string of the molecule is CCc1ccc(OCC(=O)N/N=C/c2c(CO)cnc(C)c2O)cc1. The van der Waals surface area contributed by atoms with E-state index >= 15 is 0 Å². The second-order valence-electron chi connectivity index (χ2n) is 5.37.